The number of nitrogens with zero attached hydrogens (tertiary/aromatic N) is 5. The van der Waals surface area contributed by atoms with Crippen LogP contribution in [0.3, 0.4) is 0 Å². The number of ether oxygens (including phenoxy) is 1. The quantitative estimate of drug-likeness (QED) is 0.309. The zero-order chi connectivity index (χ0) is 27.1. The molecule has 6 rings (SSSR count). The first-order valence-corrected chi connectivity index (χ1v) is 13.5. The summed E-state index contributed by atoms with van der Waals surface area (Å²) in [6.45, 7) is 2.10. The summed E-state index contributed by atoms with van der Waals surface area (Å²) in [7, 11) is 0. The number of hydrogen-bond acceptors (Lipinski definition) is 6. The fourth-order valence-electron chi connectivity index (χ4n) is 5.54. The topological polar surface area (TPSA) is 81.7 Å². The van der Waals surface area contributed by atoms with E-state index in [2.05, 4.69) is 23.3 Å². The molecule has 2 aliphatic rings. The summed E-state index contributed by atoms with van der Waals surface area (Å²) in [6.07, 6.45) is 1.76. The Morgan fingerprint density at radius 2 is 1.69 bits per heavy atom. The number of hydrogen-bond donors (Lipinski definition) is 0. The van der Waals surface area contributed by atoms with Crippen LogP contribution in [0.4, 0.5) is 5.95 Å². The molecule has 8 nitrogen and oxygen atoms in total. The smallest absolute Gasteiger partial charge is 0.352 e. The molecule has 0 saturated heterocycles. The van der Waals surface area contributed by atoms with Crippen molar-refractivity contribution in [1.29, 1.82) is 0 Å². The maximum Gasteiger partial charge on any atom is 0.352 e. The third-order valence-corrected chi connectivity index (χ3v) is 7.81. The van der Waals surface area contributed by atoms with Crippen LogP contribution in [0.15, 0.2) is 82.7 Å². The van der Waals surface area contributed by atoms with Crippen LogP contribution in [0.2, 0.25) is 10.0 Å². The number of aromatic nitrogens is 3. The Bertz CT molecular complexity index is 1640. The van der Waals surface area contributed by atoms with Crippen molar-refractivity contribution in [2.45, 2.75) is 31.7 Å². The van der Waals surface area contributed by atoms with E-state index in [1.54, 1.807) is 36.2 Å². The normalized spacial score (nSPS) is 17.9. The molecule has 39 heavy (non-hydrogen) atoms. The molecular weight excluding hydrogens is 537 g/mol. The molecule has 0 saturated carbocycles. The second kappa shape index (κ2) is 10.0. The summed E-state index contributed by atoms with van der Waals surface area (Å²) < 4.78 is 7.75. The molecule has 1 aliphatic heterocycles. The molecule has 2 heterocycles. The molecule has 1 aromatic heterocycles. The van der Waals surface area contributed by atoms with E-state index in [-0.39, 0.29) is 19.1 Å². The van der Waals surface area contributed by atoms with Crippen molar-refractivity contribution in [1.82, 2.24) is 14.3 Å². The number of fused-ring (bicyclic) bond motifs is 2. The lowest BCUT2D eigenvalue weighted by Crippen LogP contribution is -2.38. The molecule has 0 unspecified atom stereocenters. The van der Waals surface area contributed by atoms with Crippen LogP contribution in [0, 0.1) is 0 Å². The SMILES string of the molecule is CCOC(=O)Cn1c(N2C[C@]3(CCc4ccccc43)C(c3ccc(Cl)cc3)=N2)nn(-c2ccc(Cl)cc2)c1=O. The Balaban J connectivity index is 1.51. The van der Waals surface area contributed by atoms with Gasteiger partial charge in [-0.05, 0) is 72.9 Å². The Hall–Kier alpha value is -3.88. The third kappa shape index (κ3) is 4.43. The Labute approximate surface area is 235 Å². The highest BCUT2D eigenvalue weighted by atomic mass is 35.5. The first-order valence-electron chi connectivity index (χ1n) is 12.7. The molecule has 3 aromatic carbocycles. The number of benzene rings is 3. The molecular formula is C29H25Cl2N5O3. The Kier molecular flexibility index (Phi) is 6.53. The predicted octanol–water partition coefficient (Wildman–Crippen LogP) is 5.01. The van der Waals surface area contributed by atoms with Crippen molar-refractivity contribution >= 4 is 40.8 Å². The highest BCUT2D eigenvalue weighted by Crippen LogP contribution is 2.46. The van der Waals surface area contributed by atoms with E-state index in [1.165, 1.54) is 20.4 Å². The number of anilines is 1. The summed E-state index contributed by atoms with van der Waals surface area (Å²) >= 11 is 12.3. The Morgan fingerprint density at radius 3 is 2.41 bits per heavy atom. The van der Waals surface area contributed by atoms with E-state index in [0.29, 0.717) is 22.3 Å². The number of carbonyl (C=O) groups excluding carboxylic acids is 1. The molecule has 1 aliphatic carbocycles. The lowest BCUT2D eigenvalue weighted by molar-refractivity contribution is -0.143. The van der Waals surface area contributed by atoms with Crippen LogP contribution in [-0.2, 0) is 27.9 Å². The average Bonchev–Trinajstić information content (AvgIpc) is 3.60. The molecule has 1 spiro atoms. The van der Waals surface area contributed by atoms with Gasteiger partial charge in [0.1, 0.15) is 6.54 Å². The average molecular weight is 562 g/mol. The standard InChI is InChI=1S/C29H25Cl2N5O3/c1-2-39-25(37)17-34-27(33-36(28(34)38)23-13-11-22(31)12-14-23)35-18-29(16-15-19-5-3-4-6-24(19)29)26(32-35)20-7-9-21(30)10-8-20/h3-14H,2,15-18H2,1H3/t29-/m0/s1. The van der Waals surface area contributed by atoms with Crippen molar-refractivity contribution in [3.8, 4) is 5.69 Å². The van der Waals surface area contributed by atoms with Gasteiger partial charge in [-0.3, -0.25) is 4.79 Å². The molecule has 0 bridgehead atoms. The zero-order valence-electron chi connectivity index (χ0n) is 21.2. The Morgan fingerprint density at radius 1 is 1.00 bits per heavy atom. The molecule has 10 heteroatoms. The monoisotopic (exact) mass is 561 g/mol. The van der Waals surface area contributed by atoms with Crippen LogP contribution in [0.1, 0.15) is 30.0 Å². The molecule has 4 aromatic rings. The van der Waals surface area contributed by atoms with Gasteiger partial charge in [-0.2, -0.15) is 9.78 Å². The minimum Gasteiger partial charge on any atom is -0.465 e. The molecule has 0 radical (unpaired) electrons. The van der Waals surface area contributed by atoms with Gasteiger partial charge in [-0.15, -0.1) is 5.10 Å². The van der Waals surface area contributed by atoms with Crippen molar-refractivity contribution < 1.29 is 9.53 Å². The van der Waals surface area contributed by atoms with Gasteiger partial charge in [0.25, 0.3) is 0 Å². The van der Waals surface area contributed by atoms with E-state index < -0.39 is 17.1 Å². The molecule has 0 amide bonds. The van der Waals surface area contributed by atoms with E-state index in [1.807, 2.05) is 30.3 Å². The largest absolute Gasteiger partial charge is 0.465 e. The van der Waals surface area contributed by atoms with Crippen LogP contribution >= 0.6 is 23.2 Å². The van der Waals surface area contributed by atoms with Gasteiger partial charge in [0.2, 0.25) is 5.95 Å². The molecule has 0 N–H and O–H groups in total. The highest BCUT2D eigenvalue weighted by Gasteiger charge is 2.50. The third-order valence-electron chi connectivity index (χ3n) is 7.30. The maximum absolute atomic E-state index is 13.6. The lowest BCUT2D eigenvalue weighted by atomic mass is 9.75. The fourth-order valence-corrected chi connectivity index (χ4v) is 5.79. The van der Waals surface area contributed by atoms with Gasteiger partial charge in [0, 0.05) is 10.0 Å². The first kappa shape index (κ1) is 25.4. The van der Waals surface area contributed by atoms with Gasteiger partial charge >= 0.3 is 11.7 Å². The van der Waals surface area contributed by atoms with E-state index in [9.17, 15) is 9.59 Å². The highest BCUT2D eigenvalue weighted by molar-refractivity contribution is 6.31. The second-order valence-corrected chi connectivity index (χ2v) is 10.5. The summed E-state index contributed by atoms with van der Waals surface area (Å²) in [5.41, 5.74) is 3.93. The van der Waals surface area contributed by atoms with Gasteiger partial charge in [0.15, 0.2) is 0 Å². The summed E-state index contributed by atoms with van der Waals surface area (Å²) in [6, 6.07) is 22.8. The molecule has 1 atom stereocenters. The van der Waals surface area contributed by atoms with E-state index in [0.717, 1.165) is 24.1 Å². The number of rotatable bonds is 6. The van der Waals surface area contributed by atoms with Gasteiger partial charge in [-0.25, -0.2) is 14.4 Å². The summed E-state index contributed by atoms with van der Waals surface area (Å²) in [4.78, 5) is 26.2. The van der Waals surface area contributed by atoms with Gasteiger partial charge in [0.05, 0.1) is 30.0 Å². The van der Waals surface area contributed by atoms with E-state index >= 15 is 0 Å². The number of hydrazone groups is 1. The summed E-state index contributed by atoms with van der Waals surface area (Å²) in [5.74, 6) is -0.269. The zero-order valence-corrected chi connectivity index (χ0v) is 22.7. The maximum atomic E-state index is 13.6. The fraction of sp³-hybridized carbons (Fsp3) is 0.241. The first-order chi connectivity index (χ1) is 18.9. The van der Waals surface area contributed by atoms with Crippen molar-refractivity contribution in [3.05, 3.63) is 110 Å². The lowest BCUT2D eigenvalue weighted by Gasteiger charge is -2.27. The van der Waals surface area contributed by atoms with Crippen LogP contribution in [-0.4, -0.2) is 39.2 Å². The number of esters is 1. The van der Waals surface area contributed by atoms with Crippen LogP contribution < -0.4 is 10.7 Å². The van der Waals surface area contributed by atoms with Gasteiger partial charge in [-0.1, -0.05) is 59.6 Å². The second-order valence-electron chi connectivity index (χ2n) is 9.61. The minimum atomic E-state index is -0.529. The number of halogens is 2. The number of carbonyl (C=O) groups is 1. The van der Waals surface area contributed by atoms with E-state index in [4.69, 9.17) is 33.0 Å². The van der Waals surface area contributed by atoms with Crippen LogP contribution in [0.25, 0.3) is 5.69 Å². The predicted molar refractivity (Wildman–Crippen MR) is 151 cm³/mol. The van der Waals surface area contributed by atoms with Crippen molar-refractivity contribution in [3.63, 3.8) is 0 Å². The van der Waals surface area contributed by atoms with Crippen molar-refractivity contribution in [2.75, 3.05) is 18.2 Å². The minimum absolute atomic E-state index is 0.205. The summed E-state index contributed by atoms with van der Waals surface area (Å²) in [5, 5.41) is 12.7. The molecule has 0 fully saturated rings. The van der Waals surface area contributed by atoms with Crippen molar-refractivity contribution in [2.24, 2.45) is 5.10 Å². The number of aryl methyl sites for hydroxylation is 1. The van der Waals surface area contributed by atoms with Gasteiger partial charge < -0.3 is 4.74 Å². The van der Waals surface area contributed by atoms with Crippen LogP contribution in [0.5, 0.6) is 0 Å². The molecule has 198 valence electrons.